The molecular weight excluding hydrogens is 472 g/mol. The van der Waals surface area contributed by atoms with Crippen LogP contribution in [0.3, 0.4) is 0 Å². The molecule has 26 heavy (non-hydrogen) atoms. The van der Waals surface area contributed by atoms with Crippen LogP contribution in [0, 0.1) is 11.8 Å². The highest BCUT2D eigenvalue weighted by atomic mass is 79.9. The molecule has 1 heterocycles. The van der Waals surface area contributed by atoms with E-state index in [0.29, 0.717) is 18.5 Å². The third-order valence-corrected chi connectivity index (χ3v) is 7.45. The number of hydrogen-bond donors (Lipinski definition) is 2. The zero-order valence-corrected chi connectivity index (χ0v) is 16.7. The highest BCUT2D eigenvalue weighted by Crippen LogP contribution is 2.43. The number of nitrogens with one attached hydrogen (secondary N) is 1. The van der Waals surface area contributed by atoms with Gasteiger partial charge in [0.2, 0.25) is 17.7 Å². The molecule has 3 rings (SSSR count). The number of carbonyl (C=O) groups is 4. The largest absolute Gasteiger partial charge is 0.478 e. The van der Waals surface area contributed by atoms with E-state index < -0.39 is 11.9 Å². The Morgan fingerprint density at radius 1 is 1.04 bits per heavy atom. The molecule has 1 aliphatic heterocycles. The number of alkyl halides is 2. The summed E-state index contributed by atoms with van der Waals surface area (Å²) >= 11 is 7.04. The molecule has 1 aliphatic carbocycles. The summed E-state index contributed by atoms with van der Waals surface area (Å²) in [5.74, 6) is -2.94. The van der Waals surface area contributed by atoms with Crippen LogP contribution in [0.15, 0.2) is 24.3 Å². The van der Waals surface area contributed by atoms with Gasteiger partial charge in [0, 0.05) is 15.3 Å². The number of imide groups is 1. The number of rotatable bonds is 4. The predicted molar refractivity (Wildman–Crippen MR) is 100 cm³/mol. The fourth-order valence-electron chi connectivity index (χ4n) is 3.36. The first-order valence-corrected chi connectivity index (χ1v) is 9.87. The topological polar surface area (TPSA) is 104 Å². The third-order valence-electron chi connectivity index (χ3n) is 4.72. The average Bonchev–Trinajstić information content (AvgIpc) is 2.80. The Bertz CT molecular complexity index is 739. The second kappa shape index (κ2) is 7.48. The molecule has 1 saturated heterocycles. The number of carboxylic acid groups (broad SMARTS) is 1. The van der Waals surface area contributed by atoms with Crippen LogP contribution < -0.4 is 5.32 Å². The van der Waals surface area contributed by atoms with Crippen LogP contribution in [0.2, 0.25) is 0 Å². The normalized spacial score (nSPS) is 28.0. The van der Waals surface area contributed by atoms with Crippen LogP contribution in [0.1, 0.15) is 23.2 Å². The molecule has 3 amide bonds. The van der Waals surface area contributed by atoms with Crippen molar-refractivity contribution in [3.05, 3.63) is 29.8 Å². The van der Waals surface area contributed by atoms with Crippen LogP contribution >= 0.6 is 31.9 Å². The van der Waals surface area contributed by atoms with Gasteiger partial charge in [-0.3, -0.25) is 19.3 Å². The molecule has 2 aliphatic rings. The van der Waals surface area contributed by atoms with Gasteiger partial charge >= 0.3 is 5.97 Å². The number of fused-ring (bicyclic) bond motifs is 1. The number of nitrogens with zero attached hydrogens (tertiary/aromatic N) is 1. The van der Waals surface area contributed by atoms with Crippen LogP contribution in [-0.4, -0.2) is 49.9 Å². The second-order valence-corrected chi connectivity index (χ2v) is 8.76. The molecule has 4 atom stereocenters. The molecule has 1 aromatic carbocycles. The maximum absolute atomic E-state index is 12.5. The molecule has 0 unspecified atom stereocenters. The van der Waals surface area contributed by atoms with Gasteiger partial charge in [0.1, 0.15) is 6.54 Å². The number of anilines is 1. The lowest BCUT2D eigenvalue weighted by Gasteiger charge is -2.29. The van der Waals surface area contributed by atoms with Gasteiger partial charge in [-0.1, -0.05) is 31.9 Å². The van der Waals surface area contributed by atoms with E-state index in [1.165, 1.54) is 24.3 Å². The Balaban J connectivity index is 1.65. The summed E-state index contributed by atoms with van der Waals surface area (Å²) in [5, 5.41) is 11.4. The maximum Gasteiger partial charge on any atom is 0.335 e. The number of amides is 3. The molecule has 0 aromatic heterocycles. The predicted octanol–water partition coefficient (Wildman–Crippen LogP) is 2.25. The van der Waals surface area contributed by atoms with Gasteiger partial charge in [-0.2, -0.15) is 0 Å². The van der Waals surface area contributed by atoms with Crippen molar-refractivity contribution in [2.24, 2.45) is 11.8 Å². The van der Waals surface area contributed by atoms with Crippen molar-refractivity contribution in [2.75, 3.05) is 11.9 Å². The fourth-order valence-corrected chi connectivity index (χ4v) is 4.60. The van der Waals surface area contributed by atoms with Crippen LogP contribution in [0.5, 0.6) is 0 Å². The Hall–Kier alpha value is -1.74. The third kappa shape index (κ3) is 3.68. The van der Waals surface area contributed by atoms with Gasteiger partial charge in [0.25, 0.3) is 0 Å². The first-order valence-electron chi connectivity index (χ1n) is 8.04. The van der Waals surface area contributed by atoms with E-state index in [1.54, 1.807) is 0 Å². The number of carbonyl (C=O) groups excluding carboxylic acids is 3. The van der Waals surface area contributed by atoms with E-state index in [4.69, 9.17) is 5.11 Å². The average molecular weight is 488 g/mol. The molecule has 1 aromatic rings. The zero-order chi connectivity index (χ0) is 19.0. The summed E-state index contributed by atoms with van der Waals surface area (Å²) < 4.78 is 0. The Morgan fingerprint density at radius 3 is 2.00 bits per heavy atom. The van der Waals surface area contributed by atoms with Gasteiger partial charge < -0.3 is 10.4 Å². The highest BCUT2D eigenvalue weighted by Gasteiger charge is 2.52. The van der Waals surface area contributed by atoms with Crippen molar-refractivity contribution in [2.45, 2.75) is 22.5 Å². The number of carboxylic acids is 1. The summed E-state index contributed by atoms with van der Waals surface area (Å²) in [5.41, 5.74) is 0.503. The van der Waals surface area contributed by atoms with Crippen LogP contribution in [-0.2, 0) is 14.4 Å². The molecule has 9 heteroatoms. The molecular formula is C17H16Br2N2O5. The summed E-state index contributed by atoms with van der Waals surface area (Å²) in [4.78, 5) is 49.4. The quantitative estimate of drug-likeness (QED) is 0.500. The maximum atomic E-state index is 12.5. The molecule has 0 radical (unpaired) electrons. The number of halogens is 2. The van der Waals surface area contributed by atoms with Crippen molar-refractivity contribution in [3.8, 4) is 0 Å². The molecule has 2 N–H and O–H groups in total. The van der Waals surface area contributed by atoms with E-state index >= 15 is 0 Å². The van der Waals surface area contributed by atoms with Gasteiger partial charge in [-0.25, -0.2) is 4.79 Å². The van der Waals surface area contributed by atoms with E-state index in [-0.39, 0.29) is 45.4 Å². The minimum atomic E-state index is -1.06. The van der Waals surface area contributed by atoms with Gasteiger partial charge in [-0.05, 0) is 37.1 Å². The minimum Gasteiger partial charge on any atom is -0.478 e. The van der Waals surface area contributed by atoms with Gasteiger partial charge in [0.15, 0.2) is 0 Å². The van der Waals surface area contributed by atoms with Crippen molar-refractivity contribution in [1.29, 1.82) is 0 Å². The Morgan fingerprint density at radius 2 is 1.54 bits per heavy atom. The fraction of sp³-hybridized carbons (Fsp3) is 0.412. The standard InChI is InChI=1S/C17H16Br2N2O5/c18-12-5-10-11(6-13(12)19)16(24)21(15(10)23)7-14(22)20-9-3-1-8(2-4-9)17(25)26/h1-4,10-13H,5-7H2,(H,20,22)(H,25,26)/t10-,11-,12-,13+/m1/s1. The molecule has 2 fully saturated rings. The van der Waals surface area contributed by atoms with E-state index in [9.17, 15) is 19.2 Å². The van der Waals surface area contributed by atoms with Crippen molar-refractivity contribution < 1.29 is 24.3 Å². The lowest BCUT2D eigenvalue weighted by atomic mass is 9.81. The first-order chi connectivity index (χ1) is 12.3. The summed E-state index contributed by atoms with van der Waals surface area (Å²) in [6, 6.07) is 5.65. The molecule has 0 bridgehead atoms. The molecule has 0 spiro atoms. The SMILES string of the molecule is O=C(CN1C(=O)[C@@H]2C[C@@H](Br)[C@@H](Br)C[C@H]2C1=O)Nc1ccc(C(=O)O)cc1. The van der Waals surface area contributed by atoms with Gasteiger partial charge in [-0.15, -0.1) is 0 Å². The van der Waals surface area contributed by atoms with Crippen molar-refractivity contribution in [3.63, 3.8) is 0 Å². The molecule has 1 saturated carbocycles. The second-order valence-electron chi connectivity index (χ2n) is 6.41. The monoisotopic (exact) mass is 486 g/mol. The number of likely N-dealkylation sites (tertiary alicyclic amines) is 1. The van der Waals surface area contributed by atoms with E-state index in [0.717, 1.165) is 4.90 Å². The van der Waals surface area contributed by atoms with E-state index in [1.807, 2.05) is 0 Å². The van der Waals surface area contributed by atoms with E-state index in [2.05, 4.69) is 37.2 Å². The zero-order valence-electron chi connectivity index (χ0n) is 13.5. The van der Waals surface area contributed by atoms with Crippen molar-refractivity contribution in [1.82, 2.24) is 4.90 Å². The van der Waals surface area contributed by atoms with Crippen LogP contribution in [0.4, 0.5) is 5.69 Å². The molecule has 7 nitrogen and oxygen atoms in total. The lowest BCUT2D eigenvalue weighted by molar-refractivity contribution is -0.142. The summed E-state index contributed by atoms with van der Waals surface area (Å²) in [6.45, 7) is -0.342. The number of hydrogen-bond acceptors (Lipinski definition) is 4. The summed E-state index contributed by atoms with van der Waals surface area (Å²) in [6.07, 6.45) is 1.11. The minimum absolute atomic E-state index is 0.102. The number of aromatic carboxylic acids is 1. The highest BCUT2D eigenvalue weighted by molar-refractivity contribution is 9.12. The van der Waals surface area contributed by atoms with Gasteiger partial charge in [0.05, 0.1) is 17.4 Å². The first kappa shape index (κ1) is 19.0. The van der Waals surface area contributed by atoms with Crippen molar-refractivity contribution >= 4 is 61.2 Å². The Labute approximate surface area is 166 Å². The number of benzene rings is 1. The smallest absolute Gasteiger partial charge is 0.335 e. The molecule has 138 valence electrons. The lowest BCUT2D eigenvalue weighted by Crippen LogP contribution is -2.38. The Kier molecular flexibility index (Phi) is 5.47. The van der Waals surface area contributed by atoms with Crippen LogP contribution in [0.25, 0.3) is 0 Å². The summed E-state index contributed by atoms with van der Waals surface area (Å²) in [7, 11) is 0.